The molecule has 74 valence electrons. The molecule has 0 radical (unpaired) electrons. The molecule has 0 spiro atoms. The zero-order chi connectivity index (χ0) is 11.0. The van der Waals surface area contributed by atoms with Gasteiger partial charge in [-0.2, -0.15) is 0 Å². The van der Waals surface area contributed by atoms with Gasteiger partial charge in [-0.05, 0) is 0 Å². The first-order valence-corrected chi connectivity index (χ1v) is 4.53. The Morgan fingerprint density at radius 2 is 2.21 bits per heavy atom. The van der Waals surface area contributed by atoms with E-state index in [0.29, 0.717) is 5.69 Å². The summed E-state index contributed by atoms with van der Waals surface area (Å²) in [4.78, 5) is 14.4. The van der Waals surface area contributed by atoms with E-state index in [9.17, 15) is 9.90 Å². The zero-order valence-electron chi connectivity index (χ0n) is 8.69. The molecular formula is C10H14BNO2. The second kappa shape index (κ2) is 7.01. The van der Waals surface area contributed by atoms with Crippen molar-refractivity contribution in [2.24, 2.45) is 0 Å². The van der Waals surface area contributed by atoms with Crippen molar-refractivity contribution in [1.29, 1.82) is 0 Å². The molecule has 1 heterocycles. The second-order valence-electron chi connectivity index (χ2n) is 2.36. The first kappa shape index (κ1) is 12.6. The van der Waals surface area contributed by atoms with Gasteiger partial charge in [0.05, 0.1) is 0 Å². The van der Waals surface area contributed by atoms with Crippen molar-refractivity contribution in [1.82, 2.24) is 4.98 Å². The fourth-order valence-corrected chi connectivity index (χ4v) is 0.781. The molecule has 1 N–H and O–H groups in total. The van der Waals surface area contributed by atoms with Crippen LogP contribution >= 0.6 is 0 Å². The number of rotatable bonds is 2. The number of carbonyl (C=O) groups is 1. The summed E-state index contributed by atoms with van der Waals surface area (Å²) in [7, 11) is 0. The van der Waals surface area contributed by atoms with Crippen molar-refractivity contribution in [3.8, 4) is 0 Å². The fraction of sp³-hybridized carbons (Fsp3) is 0.300. The van der Waals surface area contributed by atoms with E-state index < -0.39 is 0 Å². The van der Waals surface area contributed by atoms with Crippen LogP contribution in [-0.4, -0.2) is 22.8 Å². The number of aliphatic hydroxyl groups is 1. The molecule has 1 aromatic rings. The summed E-state index contributed by atoms with van der Waals surface area (Å²) in [6.45, 7) is 7.12. The summed E-state index contributed by atoms with van der Waals surface area (Å²) >= 11 is 0. The Hall–Kier alpha value is -1.45. The molecule has 14 heavy (non-hydrogen) atoms. The number of aliphatic hydroxyl groups excluding tert-OH is 1. The minimum absolute atomic E-state index is 0.0944. The number of carbonyl (C=O) groups excluding carboxylic acids is 1. The Morgan fingerprint density at radius 1 is 1.57 bits per heavy atom. The summed E-state index contributed by atoms with van der Waals surface area (Å²) < 4.78 is 0. The molecule has 0 saturated carbocycles. The van der Waals surface area contributed by atoms with Gasteiger partial charge in [0, 0.05) is 0 Å². The molecule has 0 atom stereocenters. The van der Waals surface area contributed by atoms with Gasteiger partial charge in [-0.25, -0.2) is 0 Å². The predicted octanol–water partition coefficient (Wildman–Crippen LogP) is 1.93. The molecule has 0 bridgehead atoms. The van der Waals surface area contributed by atoms with Gasteiger partial charge in [-0.1, -0.05) is 13.8 Å². The summed E-state index contributed by atoms with van der Waals surface area (Å²) in [6, 6.07) is 0. The third-order valence-corrected chi connectivity index (χ3v) is 1.27. The molecule has 0 aliphatic rings. The zero-order valence-corrected chi connectivity index (χ0v) is 8.69. The van der Waals surface area contributed by atoms with Crippen LogP contribution in [0.4, 0.5) is 0 Å². The molecule has 0 fully saturated rings. The quantitative estimate of drug-likeness (QED) is 0.573. The summed E-state index contributed by atoms with van der Waals surface area (Å²) in [5.74, 6) is 3.08. The number of aromatic nitrogens is 1. The second-order valence-corrected chi connectivity index (χ2v) is 2.36. The van der Waals surface area contributed by atoms with Crippen molar-refractivity contribution < 1.29 is 9.90 Å². The van der Waals surface area contributed by atoms with Crippen molar-refractivity contribution in [3.63, 3.8) is 0 Å². The first-order chi connectivity index (χ1) is 6.70. The Balaban J connectivity index is 0.000000791. The summed E-state index contributed by atoms with van der Waals surface area (Å²) in [6.07, 6.45) is 2.70. The van der Waals surface area contributed by atoms with Crippen LogP contribution in [0.15, 0.2) is 24.2 Å². The van der Waals surface area contributed by atoms with E-state index in [4.69, 9.17) is 0 Å². The Kier molecular flexibility index (Phi) is 6.28. The molecule has 4 heteroatoms. The molecule has 0 saturated heterocycles. The van der Waals surface area contributed by atoms with Crippen molar-refractivity contribution in [2.75, 3.05) is 0 Å². The average Bonchev–Trinajstić information content (AvgIpc) is 2.21. The van der Waals surface area contributed by atoms with Crippen LogP contribution < -0.4 is 0 Å². The van der Waals surface area contributed by atoms with Crippen LogP contribution in [0.5, 0.6) is 0 Å². The number of hydrogen-bond donors (Lipinski definition) is 1. The van der Waals surface area contributed by atoms with Crippen molar-refractivity contribution >= 4 is 18.5 Å². The van der Waals surface area contributed by atoms with Crippen molar-refractivity contribution in [3.05, 3.63) is 29.9 Å². The predicted molar refractivity (Wildman–Crippen MR) is 58.2 cm³/mol. The van der Waals surface area contributed by atoms with Gasteiger partial charge < -0.3 is 0 Å². The SMILES string of the molecule is CC.CC(=O)C=C(O)c1cbccn1. The molecule has 3 nitrogen and oxygen atoms in total. The molecule has 1 aromatic heterocycles. The van der Waals surface area contributed by atoms with E-state index in [1.807, 2.05) is 13.8 Å². The molecule has 0 aliphatic carbocycles. The Bertz CT molecular complexity index is 309. The number of allylic oxidation sites excluding steroid dienone is 1. The van der Waals surface area contributed by atoms with Crippen molar-refractivity contribution in [2.45, 2.75) is 20.8 Å². The van der Waals surface area contributed by atoms with Gasteiger partial charge in [0.2, 0.25) is 0 Å². The minimum atomic E-state index is -0.196. The van der Waals surface area contributed by atoms with Crippen LogP contribution in [0.3, 0.4) is 0 Å². The molecular weight excluding hydrogens is 177 g/mol. The van der Waals surface area contributed by atoms with Crippen LogP contribution in [0.1, 0.15) is 26.5 Å². The van der Waals surface area contributed by atoms with E-state index in [1.54, 1.807) is 25.0 Å². The number of nitrogens with zero attached hydrogens (tertiary/aromatic N) is 1. The van der Waals surface area contributed by atoms with E-state index in [-0.39, 0.29) is 11.5 Å². The molecule has 0 amide bonds. The van der Waals surface area contributed by atoms with Gasteiger partial charge in [0.25, 0.3) is 0 Å². The Labute approximate surface area is 84.7 Å². The molecule has 1 rings (SSSR count). The molecule has 0 aromatic carbocycles. The standard InChI is InChI=1S/C8H8BNO2.C2H6/c1-6(11)4-8(12)7-5-9-2-3-10-7;1-2/h2-5,12H,1H3;1-2H3. The van der Waals surface area contributed by atoms with Crippen LogP contribution in [0.25, 0.3) is 5.76 Å². The normalized spacial score (nSPS) is 9.79. The third-order valence-electron chi connectivity index (χ3n) is 1.27. The van der Waals surface area contributed by atoms with E-state index in [1.165, 1.54) is 6.92 Å². The third kappa shape index (κ3) is 4.55. The fourth-order valence-electron chi connectivity index (χ4n) is 0.781. The van der Waals surface area contributed by atoms with E-state index in [2.05, 4.69) is 4.98 Å². The van der Waals surface area contributed by atoms with Crippen LogP contribution in [-0.2, 0) is 4.79 Å². The van der Waals surface area contributed by atoms with Crippen LogP contribution in [0, 0.1) is 0 Å². The monoisotopic (exact) mass is 191 g/mol. The van der Waals surface area contributed by atoms with Gasteiger partial charge in [-0.15, -0.1) is 0 Å². The number of ketones is 1. The van der Waals surface area contributed by atoms with E-state index >= 15 is 0 Å². The maximum absolute atomic E-state index is 10.6. The summed E-state index contributed by atoms with van der Waals surface area (Å²) in [5.41, 5.74) is 0.410. The maximum atomic E-state index is 10.6. The van der Waals surface area contributed by atoms with Crippen LogP contribution in [0.2, 0.25) is 0 Å². The topological polar surface area (TPSA) is 50.2 Å². The van der Waals surface area contributed by atoms with E-state index in [0.717, 1.165) is 6.08 Å². The van der Waals surface area contributed by atoms with Gasteiger partial charge in [0.1, 0.15) is 0 Å². The van der Waals surface area contributed by atoms with Gasteiger partial charge in [-0.3, -0.25) is 0 Å². The van der Waals surface area contributed by atoms with Gasteiger partial charge in [0.15, 0.2) is 0 Å². The first-order valence-electron chi connectivity index (χ1n) is 4.53. The molecule has 0 aliphatic heterocycles. The number of hydrogen-bond acceptors (Lipinski definition) is 3. The molecule has 0 unspecified atom stereocenters. The summed E-state index contributed by atoms with van der Waals surface area (Å²) in [5, 5.41) is 9.27. The Morgan fingerprint density at radius 3 is 2.64 bits per heavy atom. The van der Waals surface area contributed by atoms with Gasteiger partial charge >= 0.3 is 70.2 Å². The average molecular weight is 191 g/mol.